The lowest BCUT2D eigenvalue weighted by atomic mass is 9.67. The summed E-state index contributed by atoms with van der Waals surface area (Å²) < 4.78 is 2.39. The number of benzene rings is 11. The van der Waals surface area contributed by atoms with E-state index in [-0.39, 0.29) is 0 Å². The average molecular weight is 801 g/mol. The van der Waals surface area contributed by atoms with Crippen LogP contribution in [0, 0.1) is 0 Å². The summed E-state index contributed by atoms with van der Waals surface area (Å²) in [6, 6.07) is 89.7. The van der Waals surface area contributed by atoms with Crippen molar-refractivity contribution in [2.24, 2.45) is 0 Å². The van der Waals surface area contributed by atoms with Crippen LogP contribution in [0.1, 0.15) is 22.3 Å². The lowest BCUT2D eigenvalue weighted by molar-refractivity contribution is 0.768. The standard InChI is InChI=1S/C61H40N2/c1-2-17-41(18-3-1)61(57-29-12-8-25-52(57)53-26-9-13-30-58(53)61)42-19-16-20-45(39-42)62(46-37-38-51-49-23-5-4-21-47(49)48-22-6-7-24-50(48)56(51)40-46)43-33-35-44(36-34-43)63-59-31-14-10-27-54(59)55-28-11-15-32-60(55)63/h1-40H. The van der Waals surface area contributed by atoms with E-state index < -0.39 is 5.41 Å². The van der Waals surface area contributed by atoms with Crippen LogP contribution in [0.2, 0.25) is 0 Å². The van der Waals surface area contributed by atoms with Crippen LogP contribution in [0.15, 0.2) is 243 Å². The van der Waals surface area contributed by atoms with Crippen molar-refractivity contribution in [3.63, 3.8) is 0 Å². The molecule has 0 atom stereocenters. The molecular formula is C61H40N2. The monoisotopic (exact) mass is 800 g/mol. The van der Waals surface area contributed by atoms with E-state index in [2.05, 4.69) is 252 Å². The molecule has 1 heterocycles. The topological polar surface area (TPSA) is 8.17 Å². The van der Waals surface area contributed by atoms with Gasteiger partial charge in [0.1, 0.15) is 0 Å². The number of para-hydroxylation sites is 2. The lowest BCUT2D eigenvalue weighted by Gasteiger charge is -2.35. The Bertz CT molecular complexity index is 3610. The highest BCUT2D eigenvalue weighted by Crippen LogP contribution is 2.56. The molecule has 11 aromatic carbocycles. The molecule has 0 N–H and O–H groups in total. The van der Waals surface area contributed by atoms with Gasteiger partial charge in [-0.3, -0.25) is 0 Å². The molecule has 63 heavy (non-hydrogen) atoms. The Kier molecular flexibility index (Phi) is 7.85. The van der Waals surface area contributed by atoms with E-state index in [0.29, 0.717) is 0 Å². The van der Waals surface area contributed by atoms with E-state index in [1.54, 1.807) is 0 Å². The van der Waals surface area contributed by atoms with E-state index in [1.807, 2.05) is 0 Å². The van der Waals surface area contributed by atoms with Gasteiger partial charge in [-0.05, 0) is 126 Å². The van der Waals surface area contributed by atoms with Gasteiger partial charge in [0.2, 0.25) is 0 Å². The smallest absolute Gasteiger partial charge is 0.0714 e. The maximum atomic E-state index is 2.45. The highest BCUT2D eigenvalue weighted by atomic mass is 15.1. The van der Waals surface area contributed by atoms with Crippen LogP contribution in [0.4, 0.5) is 17.1 Å². The second kappa shape index (κ2) is 13.9. The molecule has 1 aromatic heterocycles. The van der Waals surface area contributed by atoms with Gasteiger partial charge < -0.3 is 9.47 Å². The fraction of sp³-hybridized carbons (Fsp3) is 0.0164. The Morgan fingerprint density at radius 2 is 0.730 bits per heavy atom. The number of aromatic nitrogens is 1. The molecule has 0 unspecified atom stereocenters. The summed E-state index contributed by atoms with van der Waals surface area (Å²) in [4.78, 5) is 2.45. The SMILES string of the molecule is c1ccc(C2(c3cccc(N(c4ccc(-n5c6ccccc6c6ccccc65)cc4)c4ccc5c6ccccc6c6ccccc6c5c4)c3)c3ccccc3-c3ccccc32)cc1. The van der Waals surface area contributed by atoms with Crippen LogP contribution < -0.4 is 4.90 Å². The predicted octanol–water partition coefficient (Wildman–Crippen LogP) is 16.1. The summed E-state index contributed by atoms with van der Waals surface area (Å²) >= 11 is 0. The molecular weight excluding hydrogens is 761 g/mol. The Labute approximate surface area is 366 Å². The van der Waals surface area contributed by atoms with Gasteiger partial charge >= 0.3 is 0 Å². The van der Waals surface area contributed by atoms with Gasteiger partial charge in [0.15, 0.2) is 0 Å². The third kappa shape index (κ3) is 5.19. The molecule has 0 fully saturated rings. The molecule has 294 valence electrons. The summed E-state index contributed by atoms with van der Waals surface area (Å²) in [7, 11) is 0. The Morgan fingerprint density at radius 3 is 1.33 bits per heavy atom. The van der Waals surface area contributed by atoms with Crippen molar-refractivity contribution >= 4 is 71.2 Å². The number of hydrogen-bond acceptors (Lipinski definition) is 1. The Hall–Kier alpha value is -8.20. The quantitative estimate of drug-likeness (QED) is 0.152. The van der Waals surface area contributed by atoms with Crippen molar-refractivity contribution < 1.29 is 0 Å². The molecule has 12 aromatic rings. The minimum atomic E-state index is -0.519. The molecule has 2 heteroatoms. The summed E-state index contributed by atoms with van der Waals surface area (Å²) in [5, 5.41) is 10.1. The molecule has 13 rings (SSSR count). The first-order chi connectivity index (χ1) is 31.3. The fourth-order valence-corrected chi connectivity index (χ4v) is 11.0. The van der Waals surface area contributed by atoms with Crippen LogP contribution >= 0.6 is 0 Å². The molecule has 0 saturated carbocycles. The predicted molar refractivity (Wildman–Crippen MR) is 265 cm³/mol. The van der Waals surface area contributed by atoms with E-state index >= 15 is 0 Å². The molecule has 1 aliphatic rings. The van der Waals surface area contributed by atoms with E-state index in [4.69, 9.17) is 0 Å². The molecule has 0 saturated heterocycles. The maximum Gasteiger partial charge on any atom is 0.0714 e. The summed E-state index contributed by atoms with van der Waals surface area (Å²) in [6.45, 7) is 0. The van der Waals surface area contributed by atoms with E-state index in [1.165, 1.54) is 87.5 Å². The zero-order chi connectivity index (χ0) is 41.5. The zero-order valence-electron chi connectivity index (χ0n) is 34.5. The number of nitrogens with zero attached hydrogens (tertiary/aromatic N) is 2. The molecule has 0 aliphatic heterocycles. The van der Waals surface area contributed by atoms with Crippen LogP contribution in [0.5, 0.6) is 0 Å². The van der Waals surface area contributed by atoms with Crippen molar-refractivity contribution in [3.8, 4) is 16.8 Å². The van der Waals surface area contributed by atoms with Crippen molar-refractivity contribution in [1.29, 1.82) is 0 Å². The maximum absolute atomic E-state index is 2.45. The molecule has 0 radical (unpaired) electrons. The molecule has 0 spiro atoms. The highest BCUT2D eigenvalue weighted by Gasteiger charge is 2.46. The highest BCUT2D eigenvalue weighted by molar-refractivity contribution is 6.25. The number of hydrogen-bond donors (Lipinski definition) is 0. The van der Waals surface area contributed by atoms with Gasteiger partial charge in [-0.2, -0.15) is 0 Å². The van der Waals surface area contributed by atoms with Crippen LogP contribution in [0.3, 0.4) is 0 Å². The number of anilines is 3. The van der Waals surface area contributed by atoms with Crippen LogP contribution in [-0.2, 0) is 5.41 Å². The third-order valence-electron chi connectivity index (χ3n) is 13.6. The zero-order valence-corrected chi connectivity index (χ0v) is 34.5. The van der Waals surface area contributed by atoms with E-state index in [0.717, 1.165) is 22.7 Å². The average Bonchev–Trinajstić information content (AvgIpc) is 3.86. The molecule has 2 nitrogen and oxygen atoms in total. The van der Waals surface area contributed by atoms with Gasteiger partial charge in [0.05, 0.1) is 16.4 Å². The normalized spacial score (nSPS) is 12.9. The number of fused-ring (bicyclic) bond motifs is 12. The lowest BCUT2D eigenvalue weighted by Crippen LogP contribution is -2.28. The first kappa shape index (κ1) is 35.5. The van der Waals surface area contributed by atoms with Gasteiger partial charge in [-0.15, -0.1) is 0 Å². The van der Waals surface area contributed by atoms with Gasteiger partial charge in [-0.1, -0.05) is 182 Å². The van der Waals surface area contributed by atoms with Gasteiger partial charge in [0.25, 0.3) is 0 Å². The molecule has 1 aliphatic carbocycles. The fourth-order valence-electron chi connectivity index (χ4n) is 11.0. The minimum absolute atomic E-state index is 0.519. The first-order valence-electron chi connectivity index (χ1n) is 21.8. The summed E-state index contributed by atoms with van der Waals surface area (Å²) in [5.74, 6) is 0. The second-order valence-electron chi connectivity index (χ2n) is 16.8. The largest absolute Gasteiger partial charge is 0.310 e. The van der Waals surface area contributed by atoms with E-state index in [9.17, 15) is 0 Å². The van der Waals surface area contributed by atoms with Crippen molar-refractivity contribution in [2.75, 3.05) is 4.90 Å². The Balaban J connectivity index is 1.06. The molecule has 0 bridgehead atoms. The summed E-state index contributed by atoms with van der Waals surface area (Å²) in [6.07, 6.45) is 0. The minimum Gasteiger partial charge on any atom is -0.310 e. The van der Waals surface area contributed by atoms with Gasteiger partial charge in [0, 0.05) is 33.5 Å². The molecule has 0 amide bonds. The summed E-state index contributed by atoms with van der Waals surface area (Å²) in [5.41, 5.74) is 14.0. The van der Waals surface area contributed by atoms with Crippen LogP contribution in [0.25, 0.3) is 70.9 Å². The number of rotatable bonds is 6. The van der Waals surface area contributed by atoms with Crippen molar-refractivity contribution in [1.82, 2.24) is 4.57 Å². The first-order valence-corrected chi connectivity index (χ1v) is 21.8. The van der Waals surface area contributed by atoms with Gasteiger partial charge in [-0.25, -0.2) is 0 Å². The third-order valence-corrected chi connectivity index (χ3v) is 13.6. The Morgan fingerprint density at radius 1 is 0.286 bits per heavy atom. The second-order valence-corrected chi connectivity index (χ2v) is 16.8. The van der Waals surface area contributed by atoms with Crippen molar-refractivity contribution in [2.45, 2.75) is 5.41 Å². The van der Waals surface area contributed by atoms with Crippen molar-refractivity contribution in [3.05, 3.63) is 265 Å². The van der Waals surface area contributed by atoms with Crippen LogP contribution in [-0.4, -0.2) is 4.57 Å².